The molecule has 1 saturated heterocycles. The van der Waals surface area contributed by atoms with Gasteiger partial charge in [0.2, 0.25) is 5.91 Å². The van der Waals surface area contributed by atoms with Crippen LogP contribution in [0.5, 0.6) is 0 Å². The molecule has 10 heteroatoms. The summed E-state index contributed by atoms with van der Waals surface area (Å²) >= 11 is 6.35. The van der Waals surface area contributed by atoms with Gasteiger partial charge in [-0.3, -0.25) is 9.59 Å². The number of benzene rings is 1. The summed E-state index contributed by atoms with van der Waals surface area (Å²) in [7, 11) is 0. The number of carbonyl (C=O) groups excluding carboxylic acids is 3. The van der Waals surface area contributed by atoms with E-state index in [1.165, 1.54) is 11.2 Å². The normalized spacial score (nSPS) is 13.9. The molecular formula is C24H32ClN5O4. The van der Waals surface area contributed by atoms with Crippen molar-refractivity contribution in [1.82, 2.24) is 15.1 Å². The highest BCUT2D eigenvalue weighted by molar-refractivity contribution is 6.33. The van der Waals surface area contributed by atoms with E-state index < -0.39 is 0 Å². The van der Waals surface area contributed by atoms with Crippen LogP contribution in [0, 0.1) is 0 Å². The molecule has 0 unspecified atom stereocenters. The zero-order chi connectivity index (χ0) is 24.8. The molecule has 2 heterocycles. The van der Waals surface area contributed by atoms with Crippen LogP contribution in [0.3, 0.4) is 0 Å². The third-order valence-electron chi connectivity index (χ3n) is 5.50. The topological polar surface area (TPSA) is 98.1 Å². The van der Waals surface area contributed by atoms with Crippen molar-refractivity contribution in [2.24, 2.45) is 0 Å². The minimum Gasteiger partial charge on any atom is -0.459 e. The molecule has 0 atom stereocenters. The van der Waals surface area contributed by atoms with Crippen molar-refractivity contribution in [2.75, 3.05) is 42.9 Å². The lowest BCUT2D eigenvalue weighted by atomic mass is 10.2. The van der Waals surface area contributed by atoms with Gasteiger partial charge < -0.3 is 29.8 Å². The number of rotatable bonds is 7. The summed E-state index contributed by atoms with van der Waals surface area (Å²) in [6.07, 6.45) is 1.42. The highest BCUT2D eigenvalue weighted by atomic mass is 35.5. The molecule has 1 aromatic carbocycles. The number of anilines is 2. The third kappa shape index (κ3) is 6.44. The van der Waals surface area contributed by atoms with E-state index in [2.05, 4.69) is 15.5 Å². The molecule has 1 aliphatic rings. The number of hydrogen-bond donors (Lipinski definition) is 2. The molecule has 2 aromatic rings. The molecule has 0 radical (unpaired) electrons. The van der Waals surface area contributed by atoms with Crippen molar-refractivity contribution in [3.8, 4) is 0 Å². The highest BCUT2D eigenvalue weighted by Gasteiger charge is 2.25. The van der Waals surface area contributed by atoms with Gasteiger partial charge in [-0.05, 0) is 58.0 Å². The predicted molar refractivity (Wildman–Crippen MR) is 132 cm³/mol. The average molecular weight is 490 g/mol. The highest BCUT2D eigenvalue weighted by Crippen LogP contribution is 2.28. The molecule has 0 aliphatic carbocycles. The van der Waals surface area contributed by atoms with Crippen LogP contribution in [0.2, 0.25) is 5.02 Å². The number of furan rings is 1. The Morgan fingerprint density at radius 1 is 1.09 bits per heavy atom. The molecule has 9 nitrogen and oxygen atoms in total. The molecule has 0 saturated carbocycles. The van der Waals surface area contributed by atoms with E-state index in [4.69, 9.17) is 16.0 Å². The maximum Gasteiger partial charge on any atom is 0.317 e. The summed E-state index contributed by atoms with van der Waals surface area (Å²) < 4.78 is 5.19. The molecule has 1 aromatic heterocycles. The van der Waals surface area contributed by atoms with E-state index in [9.17, 15) is 14.4 Å². The average Bonchev–Trinajstić information content (AvgIpc) is 3.33. The lowest BCUT2D eigenvalue weighted by molar-refractivity contribution is -0.117. The van der Waals surface area contributed by atoms with Crippen molar-refractivity contribution >= 4 is 40.8 Å². The van der Waals surface area contributed by atoms with Gasteiger partial charge in [0.15, 0.2) is 5.76 Å². The van der Waals surface area contributed by atoms with Crippen LogP contribution in [0.15, 0.2) is 41.0 Å². The molecule has 1 aliphatic heterocycles. The van der Waals surface area contributed by atoms with Crippen molar-refractivity contribution in [3.05, 3.63) is 47.4 Å². The van der Waals surface area contributed by atoms with E-state index in [-0.39, 0.29) is 42.2 Å². The Bertz CT molecular complexity index is 1000. The van der Waals surface area contributed by atoms with E-state index in [0.717, 1.165) is 5.69 Å². The first-order chi connectivity index (χ1) is 16.2. The number of carbonyl (C=O) groups is 3. The molecule has 34 heavy (non-hydrogen) atoms. The van der Waals surface area contributed by atoms with E-state index in [0.29, 0.717) is 36.9 Å². The Morgan fingerprint density at radius 2 is 1.79 bits per heavy atom. The van der Waals surface area contributed by atoms with Crippen LogP contribution in [0.25, 0.3) is 0 Å². The Balaban J connectivity index is 1.63. The second-order valence-electron chi connectivity index (χ2n) is 8.79. The minimum absolute atomic E-state index is 0.0579. The van der Waals surface area contributed by atoms with Crippen LogP contribution < -0.4 is 15.5 Å². The first-order valence-corrected chi connectivity index (χ1v) is 11.8. The van der Waals surface area contributed by atoms with Crippen LogP contribution in [0.4, 0.5) is 16.2 Å². The Kier molecular flexibility index (Phi) is 8.44. The van der Waals surface area contributed by atoms with Crippen molar-refractivity contribution in [2.45, 2.75) is 39.8 Å². The van der Waals surface area contributed by atoms with E-state index in [1.807, 2.05) is 39.8 Å². The summed E-state index contributed by atoms with van der Waals surface area (Å²) in [5, 5.41) is 6.15. The van der Waals surface area contributed by atoms with Gasteiger partial charge in [-0.25, -0.2) is 4.79 Å². The molecule has 4 amide bonds. The first kappa shape index (κ1) is 25.4. The van der Waals surface area contributed by atoms with E-state index in [1.54, 1.807) is 23.1 Å². The molecular weight excluding hydrogens is 458 g/mol. The molecule has 2 N–H and O–H groups in total. The van der Waals surface area contributed by atoms with Crippen molar-refractivity contribution in [3.63, 3.8) is 0 Å². The summed E-state index contributed by atoms with van der Waals surface area (Å²) in [6, 6.07) is 8.48. The minimum atomic E-state index is -0.358. The molecule has 0 bridgehead atoms. The Labute approximate surface area is 205 Å². The zero-order valence-corrected chi connectivity index (χ0v) is 20.8. The number of halogens is 1. The fraction of sp³-hybridized carbons (Fsp3) is 0.458. The van der Waals surface area contributed by atoms with Crippen LogP contribution in [-0.2, 0) is 4.79 Å². The maximum atomic E-state index is 12.8. The number of amides is 4. The Hall–Kier alpha value is -3.20. The quantitative estimate of drug-likeness (QED) is 0.618. The molecule has 1 fully saturated rings. The maximum absolute atomic E-state index is 12.8. The number of piperazine rings is 1. The molecule has 0 spiro atoms. The SMILES string of the molecule is CC(C)NC(=O)N1CCN(c2ccc(Cl)c(NC(=O)CN(C(=O)c3ccco3)C(C)C)c2)CC1. The molecule has 3 rings (SSSR count). The Morgan fingerprint density at radius 3 is 2.38 bits per heavy atom. The fourth-order valence-electron chi connectivity index (χ4n) is 3.69. The van der Waals surface area contributed by atoms with Gasteiger partial charge in [0.25, 0.3) is 5.91 Å². The summed E-state index contributed by atoms with van der Waals surface area (Å²) in [5.74, 6) is -0.528. The van der Waals surface area contributed by atoms with E-state index >= 15 is 0 Å². The third-order valence-corrected chi connectivity index (χ3v) is 5.83. The number of urea groups is 1. The van der Waals surface area contributed by atoms with Gasteiger partial charge >= 0.3 is 6.03 Å². The zero-order valence-electron chi connectivity index (χ0n) is 20.0. The number of nitrogens with zero attached hydrogens (tertiary/aromatic N) is 3. The van der Waals surface area contributed by atoms with Gasteiger partial charge in [0.05, 0.1) is 17.0 Å². The standard InChI is InChI=1S/C24H32ClN5O4/c1-16(2)26-24(33)29-11-9-28(10-12-29)18-7-8-19(25)20(14-18)27-22(31)15-30(17(3)4)23(32)21-6-5-13-34-21/h5-8,13-14,16-17H,9-12,15H2,1-4H3,(H,26,33)(H,27,31). The largest absolute Gasteiger partial charge is 0.459 e. The fourth-order valence-corrected chi connectivity index (χ4v) is 3.85. The lowest BCUT2D eigenvalue weighted by Gasteiger charge is -2.36. The summed E-state index contributed by atoms with van der Waals surface area (Å²) in [5.41, 5.74) is 1.37. The number of nitrogens with one attached hydrogen (secondary N) is 2. The smallest absolute Gasteiger partial charge is 0.317 e. The summed E-state index contributed by atoms with van der Waals surface area (Å²) in [4.78, 5) is 43.1. The van der Waals surface area contributed by atoms with Crippen molar-refractivity contribution in [1.29, 1.82) is 0 Å². The second-order valence-corrected chi connectivity index (χ2v) is 9.20. The molecule has 184 valence electrons. The van der Waals surface area contributed by atoms with Crippen LogP contribution in [-0.4, -0.2) is 72.5 Å². The van der Waals surface area contributed by atoms with Crippen LogP contribution in [0.1, 0.15) is 38.2 Å². The van der Waals surface area contributed by atoms with Gasteiger partial charge in [-0.15, -0.1) is 0 Å². The first-order valence-electron chi connectivity index (χ1n) is 11.4. The van der Waals surface area contributed by atoms with Gasteiger partial charge in [0, 0.05) is 44.0 Å². The van der Waals surface area contributed by atoms with Crippen molar-refractivity contribution < 1.29 is 18.8 Å². The van der Waals surface area contributed by atoms with Gasteiger partial charge in [-0.1, -0.05) is 11.6 Å². The van der Waals surface area contributed by atoms with Gasteiger partial charge in [-0.2, -0.15) is 0 Å². The lowest BCUT2D eigenvalue weighted by Crippen LogP contribution is -2.52. The predicted octanol–water partition coefficient (Wildman–Crippen LogP) is 3.66. The second kappa shape index (κ2) is 11.3. The summed E-state index contributed by atoms with van der Waals surface area (Å²) in [6.45, 7) is 9.93. The monoisotopic (exact) mass is 489 g/mol. The van der Waals surface area contributed by atoms with Crippen LogP contribution >= 0.6 is 11.6 Å². The van der Waals surface area contributed by atoms with Gasteiger partial charge in [0.1, 0.15) is 6.54 Å². The number of hydrogen-bond acceptors (Lipinski definition) is 5.